The highest BCUT2D eigenvalue weighted by Crippen LogP contribution is 2.27. The van der Waals surface area contributed by atoms with Crippen LogP contribution in [0.25, 0.3) is 16.7 Å². The molecule has 0 aliphatic rings. The molecule has 1 heterocycles. The van der Waals surface area contributed by atoms with Gasteiger partial charge in [0.25, 0.3) is 0 Å². The number of hydrogen-bond acceptors (Lipinski definition) is 3. The molecule has 0 radical (unpaired) electrons. The fraction of sp³-hybridized carbons (Fsp3) is 0.188. The first-order valence-corrected chi connectivity index (χ1v) is 6.74. The minimum atomic E-state index is -0.318. The van der Waals surface area contributed by atoms with Crippen LogP contribution in [0.3, 0.4) is 0 Å². The Morgan fingerprint density at radius 3 is 2.76 bits per heavy atom. The van der Waals surface area contributed by atoms with E-state index in [-0.39, 0.29) is 5.82 Å². The Morgan fingerprint density at radius 1 is 1.24 bits per heavy atom. The molecule has 0 fully saturated rings. The van der Waals surface area contributed by atoms with Crippen LogP contribution in [0.1, 0.15) is 12.7 Å². The molecule has 0 atom stereocenters. The zero-order valence-corrected chi connectivity index (χ0v) is 11.9. The van der Waals surface area contributed by atoms with Gasteiger partial charge in [-0.1, -0.05) is 6.92 Å². The van der Waals surface area contributed by atoms with Gasteiger partial charge >= 0.3 is 0 Å². The summed E-state index contributed by atoms with van der Waals surface area (Å²) in [5.41, 5.74) is 8.45. The lowest BCUT2D eigenvalue weighted by Gasteiger charge is -2.11. The normalized spacial score (nSPS) is 11.0. The minimum Gasteiger partial charge on any atom is -0.497 e. The van der Waals surface area contributed by atoms with Gasteiger partial charge in [0.15, 0.2) is 0 Å². The summed E-state index contributed by atoms with van der Waals surface area (Å²) < 4.78 is 21.3. The SMILES string of the molecule is CCc1nc2cc(N)ccc2n1-c1cc(OC)ccc1F. The maximum Gasteiger partial charge on any atom is 0.147 e. The number of halogens is 1. The topological polar surface area (TPSA) is 53.1 Å². The van der Waals surface area contributed by atoms with E-state index in [0.29, 0.717) is 23.5 Å². The highest BCUT2D eigenvalue weighted by atomic mass is 19.1. The number of rotatable bonds is 3. The van der Waals surface area contributed by atoms with Gasteiger partial charge in [-0.05, 0) is 30.3 Å². The fourth-order valence-electron chi connectivity index (χ4n) is 2.44. The lowest BCUT2D eigenvalue weighted by Crippen LogP contribution is -2.03. The van der Waals surface area contributed by atoms with Gasteiger partial charge in [-0.2, -0.15) is 0 Å². The van der Waals surface area contributed by atoms with Crippen LogP contribution in [0.5, 0.6) is 5.75 Å². The number of nitrogens with two attached hydrogens (primary N) is 1. The summed E-state index contributed by atoms with van der Waals surface area (Å²) in [6, 6.07) is 10.1. The maximum absolute atomic E-state index is 14.3. The van der Waals surface area contributed by atoms with Gasteiger partial charge in [0.2, 0.25) is 0 Å². The van der Waals surface area contributed by atoms with Crippen molar-refractivity contribution in [2.75, 3.05) is 12.8 Å². The third-order valence-corrected chi connectivity index (χ3v) is 3.46. The first-order valence-electron chi connectivity index (χ1n) is 6.74. The Morgan fingerprint density at radius 2 is 2.05 bits per heavy atom. The van der Waals surface area contributed by atoms with Crippen LogP contribution in [-0.4, -0.2) is 16.7 Å². The van der Waals surface area contributed by atoms with Crippen LogP contribution in [-0.2, 0) is 6.42 Å². The molecule has 0 unspecified atom stereocenters. The monoisotopic (exact) mass is 285 g/mol. The molecule has 0 spiro atoms. The standard InChI is InChI=1S/C16H16FN3O/c1-3-16-19-13-8-10(18)4-7-14(13)20(16)15-9-11(21-2)5-6-12(15)17/h4-9H,3,18H2,1-2H3. The number of aromatic nitrogens is 2. The van der Waals surface area contributed by atoms with Crippen molar-refractivity contribution in [3.8, 4) is 11.4 Å². The zero-order chi connectivity index (χ0) is 15.0. The summed E-state index contributed by atoms with van der Waals surface area (Å²) in [7, 11) is 1.56. The van der Waals surface area contributed by atoms with E-state index in [2.05, 4.69) is 4.98 Å². The van der Waals surface area contributed by atoms with Crippen molar-refractivity contribution in [1.29, 1.82) is 0 Å². The second-order valence-electron chi connectivity index (χ2n) is 4.78. The molecular formula is C16H16FN3O. The molecule has 108 valence electrons. The molecule has 21 heavy (non-hydrogen) atoms. The average molecular weight is 285 g/mol. The molecule has 3 rings (SSSR count). The van der Waals surface area contributed by atoms with Crippen LogP contribution in [0.15, 0.2) is 36.4 Å². The zero-order valence-electron chi connectivity index (χ0n) is 11.9. The number of aryl methyl sites for hydroxylation is 1. The van der Waals surface area contributed by atoms with E-state index in [1.54, 1.807) is 31.4 Å². The largest absolute Gasteiger partial charge is 0.497 e. The lowest BCUT2D eigenvalue weighted by molar-refractivity contribution is 0.413. The van der Waals surface area contributed by atoms with Crippen LogP contribution in [0, 0.1) is 5.82 Å². The number of benzene rings is 2. The first-order chi connectivity index (χ1) is 10.1. The van der Waals surface area contributed by atoms with Crippen LogP contribution in [0.2, 0.25) is 0 Å². The molecular weight excluding hydrogens is 269 g/mol. The molecule has 0 amide bonds. The van der Waals surface area contributed by atoms with E-state index in [1.807, 2.05) is 17.6 Å². The molecule has 2 aromatic carbocycles. The molecule has 5 heteroatoms. The number of nitrogen functional groups attached to an aromatic ring is 1. The highest BCUT2D eigenvalue weighted by Gasteiger charge is 2.15. The summed E-state index contributed by atoms with van der Waals surface area (Å²) in [5, 5.41) is 0. The van der Waals surface area contributed by atoms with Gasteiger partial charge in [0.05, 0.1) is 23.8 Å². The van der Waals surface area contributed by atoms with E-state index in [9.17, 15) is 4.39 Å². The number of imidazole rings is 1. The summed E-state index contributed by atoms with van der Waals surface area (Å²) in [4.78, 5) is 4.54. The molecule has 0 bridgehead atoms. The first kappa shape index (κ1) is 13.4. The van der Waals surface area contributed by atoms with E-state index >= 15 is 0 Å². The van der Waals surface area contributed by atoms with Gasteiger partial charge in [-0.25, -0.2) is 9.37 Å². The van der Waals surface area contributed by atoms with Crippen LogP contribution >= 0.6 is 0 Å². The Balaban J connectivity index is 2.33. The number of hydrogen-bond donors (Lipinski definition) is 1. The van der Waals surface area contributed by atoms with Crippen molar-refractivity contribution in [3.63, 3.8) is 0 Å². The van der Waals surface area contributed by atoms with Crippen molar-refractivity contribution in [2.24, 2.45) is 0 Å². The predicted molar refractivity (Wildman–Crippen MR) is 81.4 cm³/mol. The number of ether oxygens (including phenoxy) is 1. The minimum absolute atomic E-state index is 0.318. The summed E-state index contributed by atoms with van der Waals surface area (Å²) in [6.07, 6.45) is 0.686. The number of anilines is 1. The van der Waals surface area contributed by atoms with Gasteiger partial charge in [-0.15, -0.1) is 0 Å². The van der Waals surface area contributed by atoms with Gasteiger partial charge in [-0.3, -0.25) is 4.57 Å². The van der Waals surface area contributed by atoms with E-state index < -0.39 is 0 Å². The van der Waals surface area contributed by atoms with Crippen molar-refractivity contribution < 1.29 is 9.13 Å². The Kier molecular flexibility index (Phi) is 3.25. The van der Waals surface area contributed by atoms with Crippen LogP contribution in [0.4, 0.5) is 10.1 Å². The maximum atomic E-state index is 14.3. The van der Waals surface area contributed by atoms with Crippen molar-refractivity contribution in [1.82, 2.24) is 9.55 Å². The Labute approximate surface area is 122 Å². The molecule has 0 saturated heterocycles. The van der Waals surface area contributed by atoms with Gasteiger partial charge in [0.1, 0.15) is 17.4 Å². The van der Waals surface area contributed by atoms with E-state index in [1.165, 1.54) is 6.07 Å². The smallest absolute Gasteiger partial charge is 0.147 e. The molecule has 0 saturated carbocycles. The summed E-state index contributed by atoms with van der Waals surface area (Å²) in [6.45, 7) is 1.99. The third kappa shape index (κ3) is 2.20. The number of nitrogens with zero attached hydrogens (tertiary/aromatic N) is 2. The predicted octanol–water partition coefficient (Wildman–Crippen LogP) is 3.32. The summed E-state index contributed by atoms with van der Waals surface area (Å²) in [5.74, 6) is 1.06. The van der Waals surface area contributed by atoms with Crippen molar-refractivity contribution in [3.05, 3.63) is 48.0 Å². The molecule has 4 nitrogen and oxygen atoms in total. The Hall–Kier alpha value is -2.56. The number of fused-ring (bicyclic) bond motifs is 1. The van der Waals surface area contributed by atoms with Crippen molar-refractivity contribution in [2.45, 2.75) is 13.3 Å². The third-order valence-electron chi connectivity index (χ3n) is 3.46. The molecule has 2 N–H and O–H groups in total. The second-order valence-corrected chi connectivity index (χ2v) is 4.78. The molecule has 0 aliphatic carbocycles. The second kappa shape index (κ2) is 5.09. The molecule has 1 aromatic heterocycles. The van der Waals surface area contributed by atoms with Gasteiger partial charge in [0, 0.05) is 18.2 Å². The Bertz CT molecular complexity index is 811. The van der Waals surface area contributed by atoms with E-state index in [0.717, 1.165) is 16.9 Å². The van der Waals surface area contributed by atoms with Crippen LogP contribution < -0.4 is 10.5 Å². The average Bonchev–Trinajstić information content (AvgIpc) is 2.85. The quantitative estimate of drug-likeness (QED) is 0.751. The lowest BCUT2D eigenvalue weighted by atomic mass is 10.2. The van der Waals surface area contributed by atoms with Crippen molar-refractivity contribution >= 4 is 16.7 Å². The molecule has 0 aliphatic heterocycles. The molecule has 3 aromatic rings. The number of methoxy groups -OCH3 is 1. The summed E-state index contributed by atoms with van der Waals surface area (Å²) >= 11 is 0. The fourth-order valence-corrected chi connectivity index (χ4v) is 2.44. The van der Waals surface area contributed by atoms with Gasteiger partial charge < -0.3 is 10.5 Å². The van der Waals surface area contributed by atoms with E-state index in [4.69, 9.17) is 10.5 Å². The highest BCUT2D eigenvalue weighted by molar-refractivity contribution is 5.81.